The summed E-state index contributed by atoms with van der Waals surface area (Å²) in [6.07, 6.45) is 0.828. The van der Waals surface area contributed by atoms with Gasteiger partial charge in [-0.25, -0.2) is 0 Å². The molecule has 0 saturated heterocycles. The number of amides is 2. The molecule has 0 saturated carbocycles. The minimum atomic E-state index is -0.386. The summed E-state index contributed by atoms with van der Waals surface area (Å²) in [5, 5.41) is 8.61. The maximum Gasteiger partial charge on any atom is 0.261 e. The van der Waals surface area contributed by atoms with Crippen molar-refractivity contribution >= 4 is 56.4 Å². The van der Waals surface area contributed by atoms with Gasteiger partial charge in [0.15, 0.2) is 5.11 Å². The second kappa shape index (κ2) is 11.4. The molecule has 0 aromatic heterocycles. The molecule has 3 aromatic carbocycles. The topological polar surface area (TPSA) is 79.5 Å². The summed E-state index contributed by atoms with van der Waals surface area (Å²) in [6.45, 7) is 2.50. The fraction of sp³-hybridized carbons (Fsp3) is 0.125. The van der Waals surface area contributed by atoms with Crippen LogP contribution in [0.1, 0.15) is 34.1 Å². The van der Waals surface area contributed by atoms with Gasteiger partial charge in [-0.3, -0.25) is 14.9 Å². The summed E-state index contributed by atoms with van der Waals surface area (Å²) in [4.78, 5) is 25.1. The Morgan fingerprint density at radius 2 is 1.62 bits per heavy atom. The highest BCUT2D eigenvalue weighted by Crippen LogP contribution is 2.23. The van der Waals surface area contributed by atoms with Crippen LogP contribution in [-0.4, -0.2) is 23.5 Å². The normalized spacial score (nSPS) is 10.2. The van der Waals surface area contributed by atoms with Gasteiger partial charge in [0.1, 0.15) is 5.75 Å². The SMILES string of the molecule is CCCOc1ccc(Br)cc1C(=O)NC(=S)Nc1cccc(NC(=O)c2ccccc2)c1. The van der Waals surface area contributed by atoms with Gasteiger partial charge in [0.2, 0.25) is 0 Å². The zero-order chi connectivity index (χ0) is 22.9. The van der Waals surface area contributed by atoms with Crippen LogP contribution in [-0.2, 0) is 0 Å². The van der Waals surface area contributed by atoms with Crippen LogP contribution >= 0.6 is 28.1 Å². The smallest absolute Gasteiger partial charge is 0.261 e. The Hall–Kier alpha value is -3.23. The predicted molar refractivity (Wildman–Crippen MR) is 134 cm³/mol. The molecule has 3 N–H and O–H groups in total. The lowest BCUT2D eigenvalue weighted by molar-refractivity contribution is 0.0972. The Labute approximate surface area is 200 Å². The van der Waals surface area contributed by atoms with Gasteiger partial charge in [0.05, 0.1) is 12.2 Å². The van der Waals surface area contributed by atoms with E-state index in [9.17, 15) is 9.59 Å². The summed E-state index contributed by atoms with van der Waals surface area (Å²) in [6, 6.07) is 21.2. The predicted octanol–water partition coefficient (Wildman–Crippen LogP) is 5.62. The minimum absolute atomic E-state index is 0.128. The molecule has 0 heterocycles. The molecule has 0 bridgehead atoms. The first-order chi connectivity index (χ1) is 15.5. The van der Waals surface area contributed by atoms with Gasteiger partial charge < -0.3 is 15.4 Å². The highest BCUT2D eigenvalue weighted by molar-refractivity contribution is 9.10. The van der Waals surface area contributed by atoms with E-state index < -0.39 is 0 Å². The lowest BCUT2D eigenvalue weighted by Gasteiger charge is -2.14. The van der Waals surface area contributed by atoms with Crippen LogP contribution in [0, 0.1) is 0 Å². The maximum absolute atomic E-state index is 12.8. The fourth-order valence-electron chi connectivity index (χ4n) is 2.82. The first-order valence-electron chi connectivity index (χ1n) is 9.97. The van der Waals surface area contributed by atoms with Crippen LogP contribution in [0.15, 0.2) is 77.3 Å². The third kappa shape index (κ3) is 6.63. The molecule has 32 heavy (non-hydrogen) atoms. The number of anilines is 2. The second-order valence-corrected chi connectivity index (χ2v) is 8.12. The van der Waals surface area contributed by atoms with Crippen LogP contribution < -0.4 is 20.7 Å². The first kappa shape index (κ1) is 23.4. The minimum Gasteiger partial charge on any atom is -0.493 e. The van der Waals surface area contributed by atoms with Crippen molar-refractivity contribution in [3.63, 3.8) is 0 Å². The molecule has 0 radical (unpaired) electrons. The fourth-order valence-corrected chi connectivity index (χ4v) is 3.39. The molecule has 3 rings (SSSR count). The summed E-state index contributed by atoms with van der Waals surface area (Å²) in [5.74, 6) is -0.114. The highest BCUT2D eigenvalue weighted by Gasteiger charge is 2.15. The highest BCUT2D eigenvalue weighted by atomic mass is 79.9. The number of rotatable bonds is 7. The number of nitrogens with one attached hydrogen (secondary N) is 3. The van der Waals surface area contributed by atoms with Crippen LogP contribution in [0.2, 0.25) is 0 Å². The van der Waals surface area contributed by atoms with E-state index in [2.05, 4.69) is 31.9 Å². The molecule has 2 amide bonds. The Balaban J connectivity index is 1.64. The van der Waals surface area contributed by atoms with E-state index >= 15 is 0 Å². The van der Waals surface area contributed by atoms with Crippen molar-refractivity contribution in [2.45, 2.75) is 13.3 Å². The lowest BCUT2D eigenvalue weighted by Crippen LogP contribution is -2.34. The van der Waals surface area contributed by atoms with Crippen molar-refractivity contribution < 1.29 is 14.3 Å². The van der Waals surface area contributed by atoms with Crippen LogP contribution in [0.4, 0.5) is 11.4 Å². The van der Waals surface area contributed by atoms with E-state index in [0.29, 0.717) is 34.9 Å². The Bertz CT molecular complexity index is 1120. The summed E-state index contributed by atoms with van der Waals surface area (Å²) in [5.41, 5.74) is 2.16. The maximum atomic E-state index is 12.8. The van der Waals surface area contributed by atoms with Crippen molar-refractivity contribution in [1.82, 2.24) is 5.32 Å². The average molecular weight is 512 g/mol. The lowest BCUT2D eigenvalue weighted by atomic mass is 10.2. The standard InChI is InChI=1S/C24H22BrN3O3S/c1-2-13-31-21-12-11-17(25)14-20(21)23(30)28-24(32)27-19-10-6-9-18(15-19)26-22(29)16-7-4-3-5-8-16/h3-12,14-15H,2,13H2,1H3,(H,26,29)(H2,27,28,30,32). The van der Waals surface area contributed by atoms with E-state index in [1.165, 1.54) is 0 Å². The van der Waals surface area contributed by atoms with Gasteiger partial charge >= 0.3 is 0 Å². The van der Waals surface area contributed by atoms with Gasteiger partial charge in [-0.2, -0.15) is 0 Å². The molecule has 0 aliphatic rings. The molecule has 6 nitrogen and oxygen atoms in total. The van der Waals surface area contributed by atoms with Crippen LogP contribution in [0.25, 0.3) is 0 Å². The number of benzene rings is 3. The van der Waals surface area contributed by atoms with Crippen LogP contribution in [0.3, 0.4) is 0 Å². The molecular formula is C24H22BrN3O3S. The molecule has 3 aromatic rings. The molecule has 0 aliphatic heterocycles. The molecule has 0 spiro atoms. The summed E-state index contributed by atoms with van der Waals surface area (Å²) in [7, 11) is 0. The third-order valence-corrected chi connectivity index (χ3v) is 4.99. The molecule has 0 atom stereocenters. The Morgan fingerprint density at radius 1 is 0.906 bits per heavy atom. The van der Waals surface area contributed by atoms with E-state index in [0.717, 1.165) is 10.9 Å². The number of hydrogen-bond donors (Lipinski definition) is 3. The Kier molecular flexibility index (Phi) is 8.35. The van der Waals surface area contributed by atoms with Gasteiger partial charge in [0, 0.05) is 21.4 Å². The van der Waals surface area contributed by atoms with Crippen molar-refractivity contribution in [3.05, 3.63) is 88.4 Å². The molecule has 0 unspecified atom stereocenters. The van der Waals surface area contributed by atoms with Crippen molar-refractivity contribution in [2.75, 3.05) is 17.2 Å². The third-order valence-electron chi connectivity index (χ3n) is 4.29. The monoisotopic (exact) mass is 511 g/mol. The van der Waals surface area contributed by atoms with Crippen molar-refractivity contribution in [3.8, 4) is 5.75 Å². The number of halogens is 1. The molecule has 0 fully saturated rings. The molecule has 0 aliphatic carbocycles. The van der Waals surface area contributed by atoms with Crippen molar-refractivity contribution in [2.24, 2.45) is 0 Å². The summed E-state index contributed by atoms with van der Waals surface area (Å²) < 4.78 is 6.42. The molecule has 164 valence electrons. The second-order valence-electron chi connectivity index (χ2n) is 6.80. The van der Waals surface area contributed by atoms with Crippen molar-refractivity contribution in [1.29, 1.82) is 0 Å². The van der Waals surface area contributed by atoms with Gasteiger partial charge in [-0.15, -0.1) is 0 Å². The van der Waals surface area contributed by atoms with E-state index in [1.54, 1.807) is 60.7 Å². The van der Waals surface area contributed by atoms with E-state index in [-0.39, 0.29) is 16.9 Å². The molecule has 8 heteroatoms. The molecular weight excluding hydrogens is 490 g/mol. The first-order valence-corrected chi connectivity index (χ1v) is 11.2. The van der Waals surface area contributed by atoms with E-state index in [4.69, 9.17) is 17.0 Å². The zero-order valence-corrected chi connectivity index (χ0v) is 19.8. The number of carbonyl (C=O) groups excluding carboxylic acids is 2. The zero-order valence-electron chi connectivity index (χ0n) is 17.4. The van der Waals surface area contributed by atoms with E-state index in [1.807, 2.05) is 19.1 Å². The number of thiocarbonyl (C=S) groups is 1. The summed E-state index contributed by atoms with van der Waals surface area (Å²) >= 11 is 8.68. The number of carbonyl (C=O) groups is 2. The van der Waals surface area contributed by atoms with Gasteiger partial charge in [0.25, 0.3) is 11.8 Å². The van der Waals surface area contributed by atoms with Gasteiger partial charge in [-0.1, -0.05) is 47.1 Å². The number of ether oxygens (including phenoxy) is 1. The van der Waals surface area contributed by atoms with Crippen LogP contribution in [0.5, 0.6) is 5.75 Å². The quantitative estimate of drug-likeness (QED) is 0.359. The van der Waals surface area contributed by atoms with Gasteiger partial charge in [-0.05, 0) is 67.2 Å². The Morgan fingerprint density at radius 3 is 2.34 bits per heavy atom. The largest absolute Gasteiger partial charge is 0.493 e. The average Bonchev–Trinajstić information content (AvgIpc) is 2.79. The number of hydrogen-bond acceptors (Lipinski definition) is 4.